The molecule has 2 aliphatic rings. The lowest BCUT2D eigenvalue weighted by Crippen LogP contribution is -2.39. The Morgan fingerprint density at radius 2 is 1.92 bits per heavy atom. The number of likely N-dealkylation sites (tertiary alicyclic amines) is 1. The van der Waals surface area contributed by atoms with Gasteiger partial charge in [-0.05, 0) is 12.1 Å². The number of amides is 2. The first kappa shape index (κ1) is 16.3. The van der Waals surface area contributed by atoms with Crippen molar-refractivity contribution < 1.29 is 14.3 Å². The van der Waals surface area contributed by atoms with E-state index >= 15 is 0 Å². The van der Waals surface area contributed by atoms with Gasteiger partial charge in [0.25, 0.3) is 5.91 Å². The molecule has 1 aromatic heterocycles. The number of aromatic nitrogens is 2. The molecule has 4 rings (SSSR count). The number of rotatable bonds is 3. The van der Waals surface area contributed by atoms with Crippen LogP contribution in [0.2, 0.25) is 0 Å². The van der Waals surface area contributed by atoms with E-state index in [-0.39, 0.29) is 12.0 Å². The Hall–Kier alpha value is -3.16. The summed E-state index contributed by atoms with van der Waals surface area (Å²) in [6.07, 6.45) is 3.33. The van der Waals surface area contributed by atoms with E-state index in [2.05, 4.69) is 15.3 Å². The highest BCUT2D eigenvalue weighted by Gasteiger charge is 2.49. The SMILES string of the molecule is CN1C[C@]2(CCN(C(=O)c3cnc(Nc4ccccc4)nc3)C2)OC1=O. The molecule has 134 valence electrons. The van der Waals surface area contributed by atoms with Crippen LogP contribution in [-0.2, 0) is 4.74 Å². The van der Waals surface area contributed by atoms with E-state index in [1.807, 2.05) is 30.3 Å². The van der Waals surface area contributed by atoms with Gasteiger partial charge >= 0.3 is 6.09 Å². The van der Waals surface area contributed by atoms with Crippen molar-refractivity contribution in [1.29, 1.82) is 0 Å². The van der Waals surface area contributed by atoms with Crippen LogP contribution in [-0.4, -0.2) is 64.1 Å². The molecular weight excluding hydrogens is 334 g/mol. The van der Waals surface area contributed by atoms with Crippen LogP contribution >= 0.6 is 0 Å². The van der Waals surface area contributed by atoms with Crippen molar-refractivity contribution in [3.05, 3.63) is 48.3 Å². The Balaban J connectivity index is 1.42. The highest BCUT2D eigenvalue weighted by atomic mass is 16.6. The van der Waals surface area contributed by atoms with Crippen LogP contribution in [0.1, 0.15) is 16.8 Å². The first-order chi connectivity index (χ1) is 12.5. The average Bonchev–Trinajstić information content (AvgIpc) is 3.18. The van der Waals surface area contributed by atoms with Crippen LogP contribution in [0.5, 0.6) is 0 Å². The Labute approximate surface area is 150 Å². The molecule has 26 heavy (non-hydrogen) atoms. The summed E-state index contributed by atoms with van der Waals surface area (Å²) in [6, 6.07) is 9.57. The van der Waals surface area contributed by atoms with Gasteiger partial charge in [0.15, 0.2) is 5.60 Å². The predicted molar refractivity (Wildman–Crippen MR) is 94.1 cm³/mol. The minimum Gasteiger partial charge on any atom is -0.439 e. The van der Waals surface area contributed by atoms with Gasteiger partial charge in [0, 0.05) is 38.1 Å². The molecular formula is C18H19N5O3. The molecule has 2 aliphatic heterocycles. The highest BCUT2D eigenvalue weighted by Crippen LogP contribution is 2.32. The maximum Gasteiger partial charge on any atom is 0.410 e. The van der Waals surface area contributed by atoms with Crippen LogP contribution in [0, 0.1) is 0 Å². The molecule has 1 aromatic carbocycles. The average molecular weight is 353 g/mol. The standard InChI is InChI=1S/C18H19N5O3/c1-22-11-18(26-17(22)25)7-8-23(12-18)15(24)13-9-19-16(20-10-13)21-14-5-3-2-4-6-14/h2-6,9-10H,7-8,11-12H2,1H3,(H,19,20,21)/t18-/m0/s1. The quantitative estimate of drug-likeness (QED) is 0.907. The molecule has 8 heteroatoms. The van der Waals surface area contributed by atoms with E-state index in [0.29, 0.717) is 37.6 Å². The van der Waals surface area contributed by atoms with Gasteiger partial charge in [-0.2, -0.15) is 0 Å². The lowest BCUT2D eigenvalue weighted by molar-refractivity contribution is 0.0552. The second-order valence-corrected chi connectivity index (χ2v) is 6.67. The predicted octanol–water partition coefficient (Wildman–Crippen LogP) is 1.89. The van der Waals surface area contributed by atoms with Gasteiger partial charge in [0.1, 0.15) is 0 Å². The summed E-state index contributed by atoms with van der Waals surface area (Å²) in [7, 11) is 1.70. The van der Waals surface area contributed by atoms with Gasteiger partial charge in [0.2, 0.25) is 5.95 Å². The largest absolute Gasteiger partial charge is 0.439 e. The van der Waals surface area contributed by atoms with Gasteiger partial charge in [-0.1, -0.05) is 18.2 Å². The number of benzene rings is 1. The van der Waals surface area contributed by atoms with Crippen molar-refractivity contribution in [3.63, 3.8) is 0 Å². The molecule has 0 aliphatic carbocycles. The van der Waals surface area contributed by atoms with Gasteiger partial charge in [-0.3, -0.25) is 4.79 Å². The molecule has 2 amide bonds. The Kier molecular flexibility index (Phi) is 3.95. The van der Waals surface area contributed by atoms with Gasteiger partial charge < -0.3 is 19.9 Å². The van der Waals surface area contributed by atoms with Crippen molar-refractivity contribution in [2.45, 2.75) is 12.0 Å². The second kappa shape index (κ2) is 6.29. The molecule has 1 N–H and O–H groups in total. The number of anilines is 2. The minimum atomic E-state index is -0.586. The van der Waals surface area contributed by atoms with Crippen LogP contribution in [0.4, 0.5) is 16.4 Å². The van der Waals surface area contributed by atoms with Crippen molar-refractivity contribution in [1.82, 2.24) is 19.8 Å². The summed E-state index contributed by atoms with van der Waals surface area (Å²) in [5, 5.41) is 3.08. The number of nitrogens with one attached hydrogen (secondary N) is 1. The molecule has 0 bridgehead atoms. The zero-order valence-corrected chi connectivity index (χ0v) is 14.4. The summed E-state index contributed by atoms with van der Waals surface area (Å²) in [6.45, 7) is 1.45. The third kappa shape index (κ3) is 3.05. The molecule has 2 aromatic rings. The van der Waals surface area contributed by atoms with E-state index in [4.69, 9.17) is 4.74 Å². The number of likely N-dealkylation sites (N-methyl/N-ethyl adjacent to an activating group) is 1. The van der Waals surface area contributed by atoms with Gasteiger partial charge in [0.05, 0.1) is 18.7 Å². The smallest absolute Gasteiger partial charge is 0.410 e. The van der Waals surface area contributed by atoms with Crippen molar-refractivity contribution in [3.8, 4) is 0 Å². The van der Waals surface area contributed by atoms with Crippen LogP contribution < -0.4 is 5.32 Å². The summed E-state index contributed by atoms with van der Waals surface area (Å²) >= 11 is 0. The fourth-order valence-electron chi connectivity index (χ4n) is 3.36. The van der Waals surface area contributed by atoms with E-state index in [1.165, 1.54) is 12.4 Å². The molecule has 0 saturated carbocycles. The number of ether oxygens (including phenoxy) is 1. The normalized spacial score (nSPS) is 22.0. The zero-order chi connectivity index (χ0) is 18.1. The summed E-state index contributed by atoms with van der Waals surface area (Å²) in [5.41, 5.74) is 0.704. The van der Waals surface area contributed by atoms with Crippen molar-refractivity contribution in [2.24, 2.45) is 0 Å². The first-order valence-electron chi connectivity index (χ1n) is 8.42. The fourth-order valence-corrected chi connectivity index (χ4v) is 3.36. The van der Waals surface area contributed by atoms with Gasteiger partial charge in [-0.15, -0.1) is 0 Å². The molecule has 1 atom stereocenters. The number of nitrogens with zero attached hydrogens (tertiary/aromatic N) is 4. The van der Waals surface area contributed by atoms with E-state index in [9.17, 15) is 9.59 Å². The minimum absolute atomic E-state index is 0.154. The third-order valence-electron chi connectivity index (χ3n) is 4.67. The van der Waals surface area contributed by atoms with E-state index < -0.39 is 5.60 Å². The lowest BCUT2D eigenvalue weighted by atomic mass is 10.0. The number of hydrogen-bond donors (Lipinski definition) is 1. The number of carbonyl (C=O) groups excluding carboxylic acids is 2. The second-order valence-electron chi connectivity index (χ2n) is 6.67. The Morgan fingerprint density at radius 3 is 2.58 bits per heavy atom. The Bertz CT molecular complexity index is 826. The summed E-state index contributed by atoms with van der Waals surface area (Å²) < 4.78 is 5.48. The van der Waals surface area contributed by atoms with Gasteiger partial charge in [-0.25, -0.2) is 14.8 Å². The number of hydrogen-bond acceptors (Lipinski definition) is 6. The van der Waals surface area contributed by atoms with Crippen LogP contribution in [0.15, 0.2) is 42.7 Å². The first-order valence-corrected chi connectivity index (χ1v) is 8.42. The number of carbonyl (C=O) groups is 2. The maximum absolute atomic E-state index is 12.7. The summed E-state index contributed by atoms with van der Waals surface area (Å²) in [4.78, 5) is 36.0. The molecule has 2 fully saturated rings. The molecule has 2 saturated heterocycles. The molecule has 1 spiro atoms. The van der Waals surface area contributed by atoms with Crippen molar-refractivity contribution >= 4 is 23.6 Å². The third-order valence-corrected chi connectivity index (χ3v) is 4.67. The monoisotopic (exact) mass is 353 g/mol. The van der Waals surface area contributed by atoms with Crippen molar-refractivity contribution in [2.75, 3.05) is 32.0 Å². The highest BCUT2D eigenvalue weighted by molar-refractivity contribution is 5.94. The fraction of sp³-hybridized carbons (Fsp3) is 0.333. The van der Waals surface area contributed by atoms with E-state index in [0.717, 1.165) is 5.69 Å². The lowest BCUT2D eigenvalue weighted by Gasteiger charge is -2.21. The van der Waals surface area contributed by atoms with Crippen LogP contribution in [0.25, 0.3) is 0 Å². The van der Waals surface area contributed by atoms with E-state index in [1.54, 1.807) is 16.8 Å². The number of para-hydroxylation sites is 1. The van der Waals surface area contributed by atoms with Crippen LogP contribution in [0.3, 0.4) is 0 Å². The maximum atomic E-state index is 12.7. The topological polar surface area (TPSA) is 87.7 Å². The zero-order valence-electron chi connectivity index (χ0n) is 14.4. The Morgan fingerprint density at radius 1 is 1.19 bits per heavy atom. The molecule has 0 radical (unpaired) electrons. The molecule has 0 unspecified atom stereocenters. The molecule has 8 nitrogen and oxygen atoms in total. The molecule has 3 heterocycles. The summed E-state index contributed by atoms with van der Waals surface area (Å²) in [5.74, 6) is 0.274.